The van der Waals surface area contributed by atoms with Crippen molar-refractivity contribution in [2.45, 2.75) is 13.8 Å². The van der Waals surface area contributed by atoms with Gasteiger partial charge in [0.2, 0.25) is 0 Å². The number of para-hydroxylation sites is 3. The van der Waals surface area contributed by atoms with E-state index < -0.39 is 0 Å². The zero-order valence-corrected chi connectivity index (χ0v) is 24.3. The van der Waals surface area contributed by atoms with Gasteiger partial charge in [-0.1, -0.05) is 66.0 Å². The predicted molar refractivity (Wildman–Crippen MR) is 159 cm³/mol. The number of rotatable bonds is 3. The number of fused-ring (bicyclic) bond motifs is 6. The molecular formula is C34H26N3O2Pt-. The van der Waals surface area contributed by atoms with E-state index in [-0.39, 0.29) is 32.6 Å². The average Bonchev–Trinajstić information content (AvgIpc) is 3.46. The van der Waals surface area contributed by atoms with Crippen molar-refractivity contribution in [3.8, 4) is 11.4 Å². The number of aliphatic hydroxyl groups is 1. The molecule has 200 valence electrons. The van der Waals surface area contributed by atoms with Crippen molar-refractivity contribution in [1.29, 1.82) is 0 Å². The molecule has 3 heterocycles. The molecule has 0 radical (unpaired) electrons. The van der Waals surface area contributed by atoms with Gasteiger partial charge >= 0.3 is 0 Å². The maximum absolute atomic E-state index is 10.0. The summed E-state index contributed by atoms with van der Waals surface area (Å²) in [5.74, 6) is -0.0625. The van der Waals surface area contributed by atoms with Crippen LogP contribution in [-0.2, 0) is 25.9 Å². The number of allylic oxidation sites excluding steroid dienone is 2. The Hall–Kier alpha value is -4.47. The molecule has 0 aliphatic heterocycles. The van der Waals surface area contributed by atoms with Crippen LogP contribution in [0.3, 0.4) is 0 Å². The maximum atomic E-state index is 10.0. The fourth-order valence-corrected chi connectivity index (χ4v) is 5.22. The molecular weight excluding hydrogens is 677 g/mol. The van der Waals surface area contributed by atoms with Crippen molar-refractivity contribution in [3.05, 3.63) is 127 Å². The van der Waals surface area contributed by atoms with Crippen LogP contribution in [0.15, 0.2) is 121 Å². The Morgan fingerprint density at radius 2 is 1.32 bits per heavy atom. The van der Waals surface area contributed by atoms with E-state index in [1.54, 1.807) is 0 Å². The summed E-state index contributed by atoms with van der Waals surface area (Å²) in [7, 11) is 0. The van der Waals surface area contributed by atoms with E-state index in [2.05, 4.69) is 111 Å². The SMILES string of the molecule is CC(=O)/C=C(/C)O.[Pt].[c-]1cc(-n2c3ccccc3c3ccccc32)cc2c1c1ncccc1n2-c1ccccc1. The second-order valence-electron chi connectivity index (χ2n) is 9.43. The van der Waals surface area contributed by atoms with Crippen molar-refractivity contribution in [1.82, 2.24) is 14.1 Å². The van der Waals surface area contributed by atoms with Gasteiger partial charge in [0, 0.05) is 71.9 Å². The molecule has 1 N–H and O–H groups in total. The Labute approximate surface area is 246 Å². The van der Waals surface area contributed by atoms with Crippen LogP contribution < -0.4 is 0 Å². The molecule has 0 fully saturated rings. The minimum atomic E-state index is -0.125. The van der Waals surface area contributed by atoms with Crippen molar-refractivity contribution < 1.29 is 31.0 Å². The Morgan fingerprint density at radius 3 is 1.93 bits per heavy atom. The summed E-state index contributed by atoms with van der Waals surface area (Å²) >= 11 is 0. The molecule has 40 heavy (non-hydrogen) atoms. The molecule has 4 aromatic carbocycles. The summed E-state index contributed by atoms with van der Waals surface area (Å²) in [6.45, 7) is 2.85. The van der Waals surface area contributed by atoms with E-state index in [0.717, 1.165) is 33.3 Å². The minimum Gasteiger partial charge on any atom is -0.512 e. The first-order valence-corrected chi connectivity index (χ1v) is 12.8. The summed E-state index contributed by atoms with van der Waals surface area (Å²) < 4.78 is 4.62. The number of carbonyl (C=O) groups excluding carboxylic acids is 1. The molecule has 3 aromatic heterocycles. The predicted octanol–water partition coefficient (Wildman–Crippen LogP) is 8.11. The molecule has 0 atom stereocenters. The third kappa shape index (κ3) is 4.85. The first-order chi connectivity index (χ1) is 19.0. The Balaban J connectivity index is 0.000000362. The quantitative estimate of drug-likeness (QED) is 0.115. The number of pyridine rings is 1. The van der Waals surface area contributed by atoms with Crippen LogP contribution in [0.5, 0.6) is 0 Å². The fraction of sp³-hybridized carbons (Fsp3) is 0.0588. The number of ketones is 1. The van der Waals surface area contributed by atoms with Gasteiger partial charge in [-0.15, -0.1) is 12.1 Å². The fourth-order valence-electron chi connectivity index (χ4n) is 5.22. The van der Waals surface area contributed by atoms with Crippen molar-refractivity contribution in [3.63, 3.8) is 0 Å². The van der Waals surface area contributed by atoms with Gasteiger partial charge in [-0.25, -0.2) is 0 Å². The van der Waals surface area contributed by atoms with E-state index in [1.165, 1.54) is 41.7 Å². The molecule has 0 aliphatic rings. The first-order valence-electron chi connectivity index (χ1n) is 12.8. The minimum absolute atomic E-state index is 0. The molecule has 7 rings (SSSR count). The van der Waals surface area contributed by atoms with Gasteiger partial charge in [0.1, 0.15) is 0 Å². The molecule has 0 saturated heterocycles. The second kappa shape index (κ2) is 11.3. The summed E-state index contributed by atoms with van der Waals surface area (Å²) in [5, 5.41) is 11.9. The number of benzene rings is 4. The molecule has 0 amide bonds. The Bertz CT molecular complexity index is 1960. The molecule has 5 nitrogen and oxygen atoms in total. The average molecular weight is 704 g/mol. The van der Waals surface area contributed by atoms with Crippen LogP contribution in [0.25, 0.3) is 55.1 Å². The van der Waals surface area contributed by atoms with Crippen LogP contribution in [0.2, 0.25) is 0 Å². The smallest absolute Gasteiger partial charge is 0.155 e. The van der Waals surface area contributed by atoms with Crippen molar-refractivity contribution >= 4 is 49.5 Å². The summed E-state index contributed by atoms with van der Waals surface area (Å²) in [6.07, 6.45) is 3.02. The number of hydrogen-bond donors (Lipinski definition) is 1. The molecule has 0 aliphatic carbocycles. The van der Waals surface area contributed by atoms with Crippen LogP contribution in [0.4, 0.5) is 0 Å². The summed E-state index contributed by atoms with van der Waals surface area (Å²) in [6, 6.07) is 39.7. The van der Waals surface area contributed by atoms with E-state index in [0.29, 0.717) is 0 Å². The Kier molecular flexibility index (Phi) is 7.68. The zero-order chi connectivity index (χ0) is 26.9. The molecule has 6 heteroatoms. The molecule has 0 spiro atoms. The van der Waals surface area contributed by atoms with Gasteiger partial charge in [0.25, 0.3) is 0 Å². The van der Waals surface area contributed by atoms with E-state index in [9.17, 15) is 4.79 Å². The van der Waals surface area contributed by atoms with Gasteiger partial charge in [-0.2, -0.15) is 0 Å². The van der Waals surface area contributed by atoms with Crippen LogP contribution in [0.1, 0.15) is 13.8 Å². The van der Waals surface area contributed by atoms with E-state index in [1.807, 2.05) is 18.3 Å². The maximum Gasteiger partial charge on any atom is 0.155 e. The zero-order valence-electron chi connectivity index (χ0n) is 22.0. The summed E-state index contributed by atoms with van der Waals surface area (Å²) in [5.41, 5.74) is 7.76. The van der Waals surface area contributed by atoms with Crippen molar-refractivity contribution in [2.75, 3.05) is 0 Å². The largest absolute Gasteiger partial charge is 0.512 e. The van der Waals surface area contributed by atoms with Gasteiger partial charge in [0.05, 0.1) is 5.76 Å². The topological polar surface area (TPSA) is 60.0 Å². The number of hydrogen-bond acceptors (Lipinski definition) is 3. The molecule has 0 unspecified atom stereocenters. The van der Waals surface area contributed by atoms with Gasteiger partial charge < -0.3 is 19.2 Å². The van der Waals surface area contributed by atoms with Crippen LogP contribution >= 0.6 is 0 Å². The van der Waals surface area contributed by atoms with Gasteiger partial charge in [-0.3, -0.25) is 4.79 Å². The second-order valence-corrected chi connectivity index (χ2v) is 9.43. The van der Waals surface area contributed by atoms with Gasteiger partial charge in [-0.05, 0) is 61.4 Å². The molecule has 0 saturated carbocycles. The third-order valence-corrected chi connectivity index (χ3v) is 6.67. The van der Waals surface area contributed by atoms with E-state index >= 15 is 0 Å². The molecule has 0 bridgehead atoms. The van der Waals surface area contributed by atoms with Gasteiger partial charge in [0.15, 0.2) is 5.78 Å². The van der Waals surface area contributed by atoms with Crippen LogP contribution in [-0.4, -0.2) is 25.0 Å². The number of nitrogens with zero attached hydrogens (tertiary/aromatic N) is 3. The normalized spacial score (nSPS) is 11.4. The van der Waals surface area contributed by atoms with Crippen LogP contribution in [0, 0.1) is 6.07 Å². The first kappa shape index (κ1) is 27.1. The molecule has 7 aromatic rings. The monoisotopic (exact) mass is 703 g/mol. The third-order valence-electron chi connectivity index (χ3n) is 6.67. The summed E-state index contributed by atoms with van der Waals surface area (Å²) in [4.78, 5) is 14.7. The van der Waals surface area contributed by atoms with Crippen molar-refractivity contribution in [2.24, 2.45) is 0 Å². The van der Waals surface area contributed by atoms with E-state index in [4.69, 9.17) is 5.11 Å². The Morgan fingerprint density at radius 1 is 0.750 bits per heavy atom. The number of aliphatic hydroxyl groups excluding tert-OH is 1. The number of aromatic nitrogens is 3. The standard InChI is InChI=1S/C29H18N3.C5H8O2.Pt/c1-2-9-20(10-3-1)31-27-15-8-18-30-29(27)24-17-16-21(19-28(24)31)32-25-13-6-4-11-22(25)23-12-5-7-14-26(23)32;1-4(6)3-5(2)7;/h1-16,18-19H;3,6H,1-2H3;/q-1;;/b;4-3-;. The number of carbonyl (C=O) groups is 1.